The van der Waals surface area contributed by atoms with Gasteiger partial charge in [0.1, 0.15) is 5.76 Å². The van der Waals surface area contributed by atoms with Crippen LogP contribution in [0.5, 0.6) is 0 Å². The van der Waals surface area contributed by atoms with Crippen molar-refractivity contribution < 1.29 is 4.74 Å². The SMILES string of the molecule is C1=CCC2=CCCOC2=C1. The van der Waals surface area contributed by atoms with Crippen LogP contribution < -0.4 is 0 Å². The molecule has 10 heavy (non-hydrogen) atoms. The minimum Gasteiger partial charge on any atom is -0.493 e. The monoisotopic (exact) mass is 134 g/mol. The van der Waals surface area contributed by atoms with Gasteiger partial charge in [-0.1, -0.05) is 18.2 Å². The molecule has 0 N–H and O–H groups in total. The van der Waals surface area contributed by atoms with Crippen LogP contribution in [-0.4, -0.2) is 6.61 Å². The molecule has 2 rings (SSSR count). The Kier molecular flexibility index (Phi) is 1.35. The molecule has 0 fully saturated rings. The maximum atomic E-state index is 5.42. The zero-order chi connectivity index (χ0) is 6.81. The Balaban J connectivity index is 2.32. The molecule has 0 aromatic rings. The van der Waals surface area contributed by atoms with Gasteiger partial charge in [-0.15, -0.1) is 0 Å². The van der Waals surface area contributed by atoms with Gasteiger partial charge in [0.25, 0.3) is 0 Å². The Morgan fingerprint density at radius 2 is 2.40 bits per heavy atom. The Hall–Kier alpha value is -0.980. The van der Waals surface area contributed by atoms with Gasteiger partial charge in [0, 0.05) is 6.42 Å². The van der Waals surface area contributed by atoms with Gasteiger partial charge < -0.3 is 4.74 Å². The second kappa shape index (κ2) is 2.33. The fourth-order valence-electron chi connectivity index (χ4n) is 1.28. The van der Waals surface area contributed by atoms with E-state index in [9.17, 15) is 0 Å². The molecule has 2 aliphatic rings. The topological polar surface area (TPSA) is 9.23 Å². The molecule has 0 saturated carbocycles. The van der Waals surface area contributed by atoms with E-state index in [1.807, 2.05) is 6.08 Å². The molecule has 1 heterocycles. The zero-order valence-corrected chi connectivity index (χ0v) is 5.84. The van der Waals surface area contributed by atoms with E-state index < -0.39 is 0 Å². The van der Waals surface area contributed by atoms with E-state index in [0.29, 0.717) is 0 Å². The van der Waals surface area contributed by atoms with Crippen molar-refractivity contribution >= 4 is 0 Å². The molecule has 1 heteroatoms. The van der Waals surface area contributed by atoms with Gasteiger partial charge in [0.2, 0.25) is 0 Å². The number of rotatable bonds is 0. The van der Waals surface area contributed by atoms with Crippen LogP contribution in [0.4, 0.5) is 0 Å². The van der Waals surface area contributed by atoms with Gasteiger partial charge in [-0.25, -0.2) is 0 Å². The van der Waals surface area contributed by atoms with Crippen molar-refractivity contribution in [1.29, 1.82) is 0 Å². The first-order valence-corrected chi connectivity index (χ1v) is 3.66. The first kappa shape index (κ1) is 5.78. The van der Waals surface area contributed by atoms with Crippen molar-refractivity contribution in [2.45, 2.75) is 12.8 Å². The average Bonchev–Trinajstić information content (AvgIpc) is 2.05. The van der Waals surface area contributed by atoms with E-state index in [1.54, 1.807) is 0 Å². The fraction of sp³-hybridized carbons (Fsp3) is 0.333. The highest BCUT2D eigenvalue weighted by molar-refractivity contribution is 5.36. The summed E-state index contributed by atoms with van der Waals surface area (Å²) in [7, 11) is 0. The summed E-state index contributed by atoms with van der Waals surface area (Å²) >= 11 is 0. The van der Waals surface area contributed by atoms with Gasteiger partial charge in [0.05, 0.1) is 6.61 Å². The molecule has 1 aliphatic heterocycles. The van der Waals surface area contributed by atoms with Crippen LogP contribution in [0.1, 0.15) is 12.8 Å². The van der Waals surface area contributed by atoms with E-state index in [-0.39, 0.29) is 0 Å². The third-order valence-corrected chi connectivity index (χ3v) is 1.80. The Bertz CT molecular complexity index is 221. The molecule has 0 radical (unpaired) electrons. The van der Waals surface area contributed by atoms with Crippen molar-refractivity contribution in [3.63, 3.8) is 0 Å². The molecule has 0 unspecified atom stereocenters. The minimum atomic E-state index is 0.850. The van der Waals surface area contributed by atoms with Gasteiger partial charge >= 0.3 is 0 Å². The lowest BCUT2D eigenvalue weighted by Gasteiger charge is -2.18. The second-order valence-electron chi connectivity index (χ2n) is 2.53. The van der Waals surface area contributed by atoms with E-state index in [4.69, 9.17) is 4.74 Å². The largest absolute Gasteiger partial charge is 0.493 e. The summed E-state index contributed by atoms with van der Waals surface area (Å²) in [6.07, 6.45) is 10.6. The van der Waals surface area contributed by atoms with Crippen molar-refractivity contribution in [3.8, 4) is 0 Å². The first-order chi connectivity index (χ1) is 4.97. The summed E-state index contributed by atoms with van der Waals surface area (Å²) < 4.78 is 5.42. The van der Waals surface area contributed by atoms with E-state index in [2.05, 4.69) is 18.2 Å². The standard InChI is InChI=1S/C9H10O/c1-2-6-9-8(4-1)5-3-7-10-9/h1-2,5-6H,3-4,7H2. The molecule has 0 spiro atoms. The Morgan fingerprint density at radius 3 is 3.30 bits per heavy atom. The number of hydrogen-bond acceptors (Lipinski definition) is 1. The molecule has 0 atom stereocenters. The molecule has 0 bridgehead atoms. The number of hydrogen-bond donors (Lipinski definition) is 0. The highest BCUT2D eigenvalue weighted by atomic mass is 16.5. The van der Waals surface area contributed by atoms with Gasteiger partial charge in [-0.3, -0.25) is 0 Å². The van der Waals surface area contributed by atoms with Crippen LogP contribution in [-0.2, 0) is 4.74 Å². The molecule has 0 saturated heterocycles. The Morgan fingerprint density at radius 1 is 1.40 bits per heavy atom. The third kappa shape index (κ3) is 0.878. The summed E-state index contributed by atoms with van der Waals surface area (Å²) in [4.78, 5) is 0. The van der Waals surface area contributed by atoms with Crippen molar-refractivity contribution in [2.75, 3.05) is 6.61 Å². The molecule has 1 nitrogen and oxygen atoms in total. The van der Waals surface area contributed by atoms with Crippen molar-refractivity contribution in [1.82, 2.24) is 0 Å². The normalized spacial score (nSPS) is 22.4. The second-order valence-corrected chi connectivity index (χ2v) is 2.53. The lowest BCUT2D eigenvalue weighted by molar-refractivity contribution is 0.214. The Labute approximate surface area is 60.7 Å². The van der Waals surface area contributed by atoms with Crippen LogP contribution in [0.25, 0.3) is 0 Å². The molecule has 0 aromatic heterocycles. The van der Waals surface area contributed by atoms with Crippen LogP contribution in [0.2, 0.25) is 0 Å². The van der Waals surface area contributed by atoms with Gasteiger partial charge in [-0.05, 0) is 18.1 Å². The summed E-state index contributed by atoms with van der Waals surface area (Å²) in [5, 5.41) is 0. The van der Waals surface area contributed by atoms with Crippen LogP contribution >= 0.6 is 0 Å². The molecule has 52 valence electrons. The zero-order valence-electron chi connectivity index (χ0n) is 5.84. The summed E-state index contributed by atoms with van der Waals surface area (Å²) in [6, 6.07) is 0. The van der Waals surface area contributed by atoms with Crippen molar-refractivity contribution in [3.05, 3.63) is 35.6 Å². The maximum absolute atomic E-state index is 5.42. The third-order valence-electron chi connectivity index (χ3n) is 1.80. The summed E-state index contributed by atoms with van der Waals surface area (Å²) in [5.41, 5.74) is 1.36. The van der Waals surface area contributed by atoms with Gasteiger partial charge in [-0.2, -0.15) is 0 Å². The number of fused-ring (bicyclic) bond motifs is 1. The number of ether oxygens (including phenoxy) is 1. The lowest BCUT2D eigenvalue weighted by atomic mass is 10.0. The molecule has 1 aliphatic carbocycles. The molecule has 0 aromatic carbocycles. The fourth-order valence-corrected chi connectivity index (χ4v) is 1.28. The first-order valence-electron chi connectivity index (χ1n) is 3.66. The smallest absolute Gasteiger partial charge is 0.122 e. The van der Waals surface area contributed by atoms with Crippen LogP contribution in [0.15, 0.2) is 35.6 Å². The van der Waals surface area contributed by atoms with Gasteiger partial charge in [0.15, 0.2) is 0 Å². The number of allylic oxidation sites excluding steroid dienone is 4. The quantitative estimate of drug-likeness (QED) is 0.493. The molecule has 0 amide bonds. The van der Waals surface area contributed by atoms with E-state index >= 15 is 0 Å². The maximum Gasteiger partial charge on any atom is 0.122 e. The van der Waals surface area contributed by atoms with E-state index in [1.165, 1.54) is 5.57 Å². The summed E-state index contributed by atoms with van der Waals surface area (Å²) in [5.74, 6) is 1.08. The van der Waals surface area contributed by atoms with Crippen LogP contribution in [0.3, 0.4) is 0 Å². The summed E-state index contributed by atoms with van der Waals surface area (Å²) in [6.45, 7) is 0.850. The minimum absolute atomic E-state index is 0.850. The predicted octanol–water partition coefficient (Wildman–Crippen LogP) is 2.18. The average molecular weight is 134 g/mol. The lowest BCUT2D eigenvalue weighted by Crippen LogP contribution is -2.05. The highest BCUT2D eigenvalue weighted by Crippen LogP contribution is 2.24. The molecular formula is C9H10O. The van der Waals surface area contributed by atoms with E-state index in [0.717, 1.165) is 25.2 Å². The predicted molar refractivity (Wildman–Crippen MR) is 40.5 cm³/mol. The van der Waals surface area contributed by atoms with Crippen molar-refractivity contribution in [2.24, 2.45) is 0 Å². The van der Waals surface area contributed by atoms with Crippen LogP contribution in [0, 0.1) is 0 Å². The highest BCUT2D eigenvalue weighted by Gasteiger charge is 2.10. The molecular weight excluding hydrogens is 124 g/mol.